The van der Waals surface area contributed by atoms with E-state index in [9.17, 15) is 4.79 Å². The number of fused-ring (bicyclic) bond motifs is 1. The van der Waals surface area contributed by atoms with Crippen molar-refractivity contribution in [2.24, 2.45) is 0 Å². The molecule has 2 heterocycles. The second-order valence-electron chi connectivity index (χ2n) is 4.71. The van der Waals surface area contributed by atoms with Crippen molar-refractivity contribution in [1.82, 2.24) is 4.98 Å². The minimum atomic E-state index is 0.143. The summed E-state index contributed by atoms with van der Waals surface area (Å²) in [5.41, 5.74) is 3.14. The first-order valence-corrected chi connectivity index (χ1v) is 6.51. The largest absolute Gasteiger partial charge is 0.493 e. The lowest BCUT2D eigenvalue weighted by molar-refractivity contribution is 0.0982. The van der Waals surface area contributed by atoms with Crippen LogP contribution in [0.2, 0.25) is 0 Å². The molecule has 1 aliphatic rings. The number of aryl methyl sites for hydroxylation is 1. The van der Waals surface area contributed by atoms with Gasteiger partial charge in [-0.15, -0.1) is 0 Å². The number of carbonyl (C=O) groups excluding carboxylic acids is 1. The molecule has 0 bridgehead atoms. The SMILES string of the molecule is O=C(CCc1ccc2c(c1)CCO2)c1cccnc1. The minimum Gasteiger partial charge on any atom is -0.493 e. The Balaban J connectivity index is 1.65. The van der Waals surface area contributed by atoms with Crippen LogP contribution in [0.15, 0.2) is 42.7 Å². The van der Waals surface area contributed by atoms with Gasteiger partial charge in [0.05, 0.1) is 6.61 Å². The third-order valence-electron chi connectivity index (χ3n) is 3.38. The molecular weight excluding hydrogens is 238 g/mol. The van der Waals surface area contributed by atoms with Crippen molar-refractivity contribution in [1.29, 1.82) is 0 Å². The van der Waals surface area contributed by atoms with E-state index in [1.807, 2.05) is 18.2 Å². The predicted octanol–water partition coefficient (Wildman–Crippen LogP) is 2.83. The molecule has 19 heavy (non-hydrogen) atoms. The highest BCUT2D eigenvalue weighted by Gasteiger charge is 2.12. The fourth-order valence-corrected chi connectivity index (χ4v) is 2.33. The number of benzene rings is 1. The second-order valence-corrected chi connectivity index (χ2v) is 4.71. The lowest BCUT2D eigenvalue weighted by Gasteiger charge is -2.04. The zero-order chi connectivity index (χ0) is 13.1. The number of Topliss-reactive ketones (excluding diaryl/α,β-unsaturated/α-hetero) is 1. The van der Waals surface area contributed by atoms with Crippen LogP contribution in [0.5, 0.6) is 5.75 Å². The fourth-order valence-electron chi connectivity index (χ4n) is 2.33. The quantitative estimate of drug-likeness (QED) is 0.786. The lowest BCUT2D eigenvalue weighted by atomic mass is 10.0. The Morgan fingerprint density at radius 1 is 1.32 bits per heavy atom. The summed E-state index contributed by atoms with van der Waals surface area (Å²) < 4.78 is 5.47. The van der Waals surface area contributed by atoms with Gasteiger partial charge >= 0.3 is 0 Å². The van der Waals surface area contributed by atoms with Crippen LogP contribution >= 0.6 is 0 Å². The van der Waals surface area contributed by atoms with Crippen LogP contribution in [0.25, 0.3) is 0 Å². The Kier molecular flexibility index (Phi) is 3.27. The number of hydrogen-bond donors (Lipinski definition) is 0. The maximum absolute atomic E-state index is 12.0. The summed E-state index contributed by atoms with van der Waals surface area (Å²) in [6.45, 7) is 0.771. The van der Waals surface area contributed by atoms with E-state index in [1.54, 1.807) is 18.5 Å². The highest BCUT2D eigenvalue weighted by atomic mass is 16.5. The predicted molar refractivity (Wildman–Crippen MR) is 72.5 cm³/mol. The molecule has 2 aromatic rings. The van der Waals surface area contributed by atoms with E-state index in [1.165, 1.54) is 11.1 Å². The first kappa shape index (κ1) is 11.9. The number of pyridine rings is 1. The van der Waals surface area contributed by atoms with Gasteiger partial charge in [0.15, 0.2) is 5.78 Å². The van der Waals surface area contributed by atoms with Crippen LogP contribution in [-0.2, 0) is 12.8 Å². The Bertz CT molecular complexity index is 593. The number of ether oxygens (including phenoxy) is 1. The van der Waals surface area contributed by atoms with Gasteiger partial charge in [-0.05, 0) is 35.7 Å². The standard InChI is InChI=1S/C16H15NO2/c18-15(14-2-1-8-17-11-14)5-3-12-4-6-16-13(10-12)7-9-19-16/h1-2,4,6,8,10-11H,3,5,7,9H2. The van der Waals surface area contributed by atoms with Crippen molar-refractivity contribution in [3.8, 4) is 5.75 Å². The van der Waals surface area contributed by atoms with Crippen molar-refractivity contribution in [3.63, 3.8) is 0 Å². The normalized spacial score (nSPS) is 12.8. The van der Waals surface area contributed by atoms with Crippen LogP contribution in [0.4, 0.5) is 0 Å². The molecule has 1 aromatic heterocycles. The Morgan fingerprint density at radius 3 is 3.11 bits per heavy atom. The molecule has 0 saturated heterocycles. The van der Waals surface area contributed by atoms with Gasteiger partial charge in [-0.2, -0.15) is 0 Å². The molecule has 0 N–H and O–H groups in total. The maximum Gasteiger partial charge on any atom is 0.164 e. The molecule has 3 nitrogen and oxygen atoms in total. The average Bonchev–Trinajstić information content (AvgIpc) is 2.93. The number of hydrogen-bond acceptors (Lipinski definition) is 3. The number of rotatable bonds is 4. The van der Waals surface area contributed by atoms with Crippen LogP contribution in [0.1, 0.15) is 27.9 Å². The van der Waals surface area contributed by atoms with Gasteiger partial charge in [0.2, 0.25) is 0 Å². The van der Waals surface area contributed by atoms with Gasteiger partial charge in [-0.25, -0.2) is 0 Å². The molecule has 0 spiro atoms. The van der Waals surface area contributed by atoms with Crippen molar-refractivity contribution in [2.75, 3.05) is 6.61 Å². The molecule has 1 aliphatic heterocycles. The summed E-state index contributed by atoms with van der Waals surface area (Å²) in [7, 11) is 0. The third kappa shape index (κ3) is 2.65. The van der Waals surface area contributed by atoms with E-state index >= 15 is 0 Å². The molecule has 1 aromatic carbocycles. The monoisotopic (exact) mass is 253 g/mol. The Labute approximate surface area is 112 Å². The van der Waals surface area contributed by atoms with E-state index in [4.69, 9.17) is 4.74 Å². The highest BCUT2D eigenvalue weighted by molar-refractivity contribution is 5.95. The van der Waals surface area contributed by atoms with Crippen molar-refractivity contribution >= 4 is 5.78 Å². The Morgan fingerprint density at radius 2 is 2.26 bits per heavy atom. The molecule has 0 atom stereocenters. The molecule has 0 amide bonds. The molecule has 3 rings (SSSR count). The first-order valence-electron chi connectivity index (χ1n) is 6.51. The summed E-state index contributed by atoms with van der Waals surface area (Å²) in [6.07, 6.45) is 5.56. The second kappa shape index (κ2) is 5.22. The van der Waals surface area contributed by atoms with E-state index in [0.29, 0.717) is 12.0 Å². The van der Waals surface area contributed by atoms with Crippen molar-refractivity contribution < 1.29 is 9.53 Å². The van der Waals surface area contributed by atoms with Gasteiger partial charge in [0, 0.05) is 30.8 Å². The zero-order valence-corrected chi connectivity index (χ0v) is 10.6. The highest BCUT2D eigenvalue weighted by Crippen LogP contribution is 2.26. The molecule has 0 fully saturated rings. The molecule has 96 valence electrons. The van der Waals surface area contributed by atoms with E-state index in [0.717, 1.165) is 25.2 Å². The number of ketones is 1. The summed E-state index contributed by atoms with van der Waals surface area (Å²) >= 11 is 0. The molecule has 0 aliphatic carbocycles. The molecular formula is C16H15NO2. The summed E-state index contributed by atoms with van der Waals surface area (Å²) in [4.78, 5) is 16.0. The zero-order valence-electron chi connectivity index (χ0n) is 10.6. The molecule has 0 unspecified atom stereocenters. The average molecular weight is 253 g/mol. The van der Waals surface area contributed by atoms with Crippen LogP contribution in [0.3, 0.4) is 0 Å². The Hall–Kier alpha value is -2.16. The van der Waals surface area contributed by atoms with Gasteiger partial charge < -0.3 is 4.74 Å². The van der Waals surface area contributed by atoms with Crippen molar-refractivity contribution in [2.45, 2.75) is 19.3 Å². The molecule has 0 saturated carbocycles. The number of aromatic nitrogens is 1. The van der Waals surface area contributed by atoms with Crippen molar-refractivity contribution in [3.05, 3.63) is 59.4 Å². The van der Waals surface area contributed by atoms with Gasteiger partial charge in [-0.3, -0.25) is 9.78 Å². The minimum absolute atomic E-state index is 0.143. The summed E-state index contributed by atoms with van der Waals surface area (Å²) in [5.74, 6) is 1.13. The van der Waals surface area contributed by atoms with E-state index in [-0.39, 0.29) is 5.78 Å². The summed E-state index contributed by atoms with van der Waals surface area (Å²) in [6, 6.07) is 9.80. The topological polar surface area (TPSA) is 39.2 Å². The van der Waals surface area contributed by atoms with Gasteiger partial charge in [0.25, 0.3) is 0 Å². The smallest absolute Gasteiger partial charge is 0.164 e. The van der Waals surface area contributed by atoms with Crippen LogP contribution < -0.4 is 4.74 Å². The van der Waals surface area contributed by atoms with Crippen LogP contribution in [-0.4, -0.2) is 17.4 Å². The number of nitrogens with zero attached hydrogens (tertiary/aromatic N) is 1. The third-order valence-corrected chi connectivity index (χ3v) is 3.38. The molecule has 3 heteroatoms. The lowest BCUT2D eigenvalue weighted by Crippen LogP contribution is -2.01. The van der Waals surface area contributed by atoms with E-state index in [2.05, 4.69) is 11.1 Å². The van der Waals surface area contributed by atoms with Gasteiger partial charge in [0.1, 0.15) is 5.75 Å². The molecule has 0 radical (unpaired) electrons. The van der Waals surface area contributed by atoms with Gasteiger partial charge in [-0.1, -0.05) is 12.1 Å². The fraction of sp³-hybridized carbons (Fsp3) is 0.250. The summed E-state index contributed by atoms with van der Waals surface area (Å²) in [5, 5.41) is 0. The number of carbonyl (C=O) groups is 1. The maximum atomic E-state index is 12.0. The van der Waals surface area contributed by atoms with Crippen LogP contribution in [0, 0.1) is 0 Å². The van der Waals surface area contributed by atoms with E-state index < -0.39 is 0 Å². The first-order chi connectivity index (χ1) is 9.33.